The van der Waals surface area contributed by atoms with Gasteiger partial charge in [0.15, 0.2) is 0 Å². The molecule has 0 saturated carbocycles. The summed E-state index contributed by atoms with van der Waals surface area (Å²) in [6.07, 6.45) is 2.57. The normalized spacial score (nSPS) is 10.2. The summed E-state index contributed by atoms with van der Waals surface area (Å²) in [4.78, 5) is 11.7. The third-order valence-corrected chi connectivity index (χ3v) is 2.77. The lowest BCUT2D eigenvalue weighted by molar-refractivity contribution is 0.252. The molecule has 0 aliphatic rings. The number of urea groups is 1. The van der Waals surface area contributed by atoms with Gasteiger partial charge in [-0.05, 0) is 6.42 Å². The third-order valence-electron chi connectivity index (χ3n) is 2.77. The SMILES string of the molecule is CCCNC(=O)Nc1cnn(C)c1-c1ccccc1. The molecule has 0 aliphatic carbocycles. The number of amides is 2. The molecule has 0 spiro atoms. The van der Waals surface area contributed by atoms with Crippen molar-refractivity contribution in [2.45, 2.75) is 13.3 Å². The van der Waals surface area contributed by atoms with Gasteiger partial charge in [0.05, 0.1) is 17.6 Å². The molecule has 100 valence electrons. The molecule has 5 heteroatoms. The fourth-order valence-corrected chi connectivity index (χ4v) is 1.87. The van der Waals surface area contributed by atoms with Gasteiger partial charge in [-0.15, -0.1) is 0 Å². The van der Waals surface area contributed by atoms with Crippen molar-refractivity contribution in [3.8, 4) is 11.3 Å². The standard InChI is InChI=1S/C14H18N4O/c1-3-9-15-14(19)17-12-10-16-18(2)13(12)11-7-5-4-6-8-11/h4-8,10H,3,9H2,1-2H3,(H2,15,17,19). The van der Waals surface area contributed by atoms with Gasteiger partial charge in [-0.25, -0.2) is 4.79 Å². The highest BCUT2D eigenvalue weighted by Crippen LogP contribution is 2.26. The van der Waals surface area contributed by atoms with Crippen molar-refractivity contribution < 1.29 is 4.79 Å². The van der Waals surface area contributed by atoms with Gasteiger partial charge in [0, 0.05) is 19.2 Å². The second-order valence-corrected chi connectivity index (χ2v) is 4.28. The van der Waals surface area contributed by atoms with E-state index in [1.165, 1.54) is 0 Å². The van der Waals surface area contributed by atoms with Crippen LogP contribution in [0.1, 0.15) is 13.3 Å². The molecule has 0 fully saturated rings. The lowest BCUT2D eigenvalue weighted by Crippen LogP contribution is -2.29. The molecule has 0 unspecified atom stereocenters. The Morgan fingerprint density at radius 2 is 2.05 bits per heavy atom. The number of aryl methyl sites for hydroxylation is 1. The fraction of sp³-hybridized carbons (Fsp3) is 0.286. The summed E-state index contributed by atoms with van der Waals surface area (Å²) in [5.74, 6) is 0. The van der Waals surface area contributed by atoms with E-state index in [2.05, 4.69) is 15.7 Å². The van der Waals surface area contributed by atoms with Crippen LogP contribution in [-0.2, 0) is 7.05 Å². The number of anilines is 1. The molecule has 19 heavy (non-hydrogen) atoms. The van der Waals surface area contributed by atoms with Crippen LogP contribution in [0.25, 0.3) is 11.3 Å². The molecule has 0 aliphatic heterocycles. The van der Waals surface area contributed by atoms with Gasteiger partial charge in [0.2, 0.25) is 0 Å². The number of nitrogens with zero attached hydrogens (tertiary/aromatic N) is 2. The minimum Gasteiger partial charge on any atom is -0.338 e. The first-order valence-electron chi connectivity index (χ1n) is 6.34. The van der Waals surface area contributed by atoms with E-state index in [1.807, 2.05) is 44.3 Å². The predicted molar refractivity (Wildman–Crippen MR) is 76.0 cm³/mol. The summed E-state index contributed by atoms with van der Waals surface area (Å²) < 4.78 is 1.75. The molecule has 2 rings (SSSR count). The Labute approximate surface area is 112 Å². The summed E-state index contributed by atoms with van der Waals surface area (Å²) in [5, 5.41) is 9.81. The average Bonchev–Trinajstić information content (AvgIpc) is 2.78. The molecule has 2 aromatic rings. The highest BCUT2D eigenvalue weighted by atomic mass is 16.2. The second-order valence-electron chi connectivity index (χ2n) is 4.28. The molecule has 0 bridgehead atoms. The maximum absolute atomic E-state index is 11.7. The van der Waals surface area contributed by atoms with Gasteiger partial charge >= 0.3 is 6.03 Å². The van der Waals surface area contributed by atoms with Crippen LogP contribution in [0, 0.1) is 0 Å². The topological polar surface area (TPSA) is 59.0 Å². The number of carbonyl (C=O) groups excluding carboxylic acids is 1. The maximum Gasteiger partial charge on any atom is 0.319 e. The number of hydrogen-bond acceptors (Lipinski definition) is 2. The van der Waals surface area contributed by atoms with Crippen LogP contribution in [0.15, 0.2) is 36.5 Å². The Bertz CT molecular complexity index is 548. The lowest BCUT2D eigenvalue weighted by atomic mass is 10.1. The number of hydrogen-bond donors (Lipinski definition) is 2. The third kappa shape index (κ3) is 3.13. The molecule has 1 aromatic carbocycles. The molecule has 0 atom stereocenters. The van der Waals surface area contributed by atoms with Crippen LogP contribution in [-0.4, -0.2) is 22.4 Å². The van der Waals surface area contributed by atoms with Crippen LogP contribution >= 0.6 is 0 Å². The van der Waals surface area contributed by atoms with E-state index in [4.69, 9.17) is 0 Å². The molecular formula is C14H18N4O. The zero-order chi connectivity index (χ0) is 13.7. The first-order chi connectivity index (χ1) is 9.22. The highest BCUT2D eigenvalue weighted by Gasteiger charge is 2.12. The summed E-state index contributed by atoms with van der Waals surface area (Å²) in [6, 6.07) is 9.66. The molecule has 2 amide bonds. The zero-order valence-corrected chi connectivity index (χ0v) is 11.2. The Morgan fingerprint density at radius 1 is 1.32 bits per heavy atom. The molecule has 5 nitrogen and oxygen atoms in total. The lowest BCUT2D eigenvalue weighted by Gasteiger charge is -2.08. The van der Waals surface area contributed by atoms with E-state index in [-0.39, 0.29) is 6.03 Å². The molecular weight excluding hydrogens is 240 g/mol. The largest absolute Gasteiger partial charge is 0.338 e. The molecule has 1 heterocycles. The molecule has 2 N–H and O–H groups in total. The number of aromatic nitrogens is 2. The van der Waals surface area contributed by atoms with Crippen molar-refractivity contribution >= 4 is 11.7 Å². The van der Waals surface area contributed by atoms with Gasteiger partial charge in [-0.1, -0.05) is 37.3 Å². The first kappa shape index (κ1) is 13.1. The first-order valence-corrected chi connectivity index (χ1v) is 6.34. The maximum atomic E-state index is 11.7. The van der Waals surface area contributed by atoms with Gasteiger partial charge in [0.25, 0.3) is 0 Å². The quantitative estimate of drug-likeness (QED) is 0.885. The van der Waals surface area contributed by atoms with Crippen LogP contribution in [0.3, 0.4) is 0 Å². The zero-order valence-electron chi connectivity index (χ0n) is 11.2. The van der Waals surface area contributed by atoms with Gasteiger partial charge < -0.3 is 10.6 Å². The average molecular weight is 258 g/mol. The van der Waals surface area contributed by atoms with E-state index >= 15 is 0 Å². The van der Waals surface area contributed by atoms with Crippen LogP contribution in [0.5, 0.6) is 0 Å². The summed E-state index contributed by atoms with van der Waals surface area (Å²) in [6.45, 7) is 2.67. The number of benzene rings is 1. The van der Waals surface area contributed by atoms with E-state index in [0.29, 0.717) is 12.2 Å². The summed E-state index contributed by atoms with van der Waals surface area (Å²) in [7, 11) is 1.86. The molecule has 1 aromatic heterocycles. The smallest absolute Gasteiger partial charge is 0.319 e. The molecule has 0 radical (unpaired) electrons. The minimum absolute atomic E-state index is 0.202. The van der Waals surface area contributed by atoms with Gasteiger partial charge in [0.1, 0.15) is 0 Å². The second kappa shape index (κ2) is 6.04. The van der Waals surface area contributed by atoms with Gasteiger partial charge in [-0.2, -0.15) is 5.10 Å². The number of nitrogens with one attached hydrogen (secondary N) is 2. The Morgan fingerprint density at radius 3 is 2.74 bits per heavy atom. The van der Waals surface area contributed by atoms with Crippen molar-refractivity contribution in [1.82, 2.24) is 15.1 Å². The minimum atomic E-state index is -0.202. The highest BCUT2D eigenvalue weighted by molar-refractivity contribution is 5.93. The van der Waals surface area contributed by atoms with Gasteiger partial charge in [-0.3, -0.25) is 4.68 Å². The van der Waals surface area contributed by atoms with Crippen molar-refractivity contribution in [3.05, 3.63) is 36.5 Å². The van der Waals surface area contributed by atoms with Crippen molar-refractivity contribution in [1.29, 1.82) is 0 Å². The summed E-state index contributed by atoms with van der Waals surface area (Å²) in [5.41, 5.74) is 2.63. The number of rotatable bonds is 4. The van der Waals surface area contributed by atoms with Crippen LogP contribution in [0.2, 0.25) is 0 Å². The predicted octanol–water partition coefficient (Wildman–Crippen LogP) is 2.62. The molecule has 0 saturated heterocycles. The van der Waals surface area contributed by atoms with E-state index in [1.54, 1.807) is 10.9 Å². The Balaban J connectivity index is 2.21. The van der Waals surface area contributed by atoms with Crippen molar-refractivity contribution in [2.75, 3.05) is 11.9 Å². The Hall–Kier alpha value is -2.30. The fourth-order valence-electron chi connectivity index (χ4n) is 1.87. The van der Waals surface area contributed by atoms with E-state index in [9.17, 15) is 4.79 Å². The van der Waals surface area contributed by atoms with Crippen molar-refractivity contribution in [3.63, 3.8) is 0 Å². The van der Waals surface area contributed by atoms with Crippen LogP contribution in [0.4, 0.5) is 10.5 Å². The van der Waals surface area contributed by atoms with E-state index < -0.39 is 0 Å². The van der Waals surface area contributed by atoms with E-state index in [0.717, 1.165) is 17.7 Å². The Kier molecular flexibility index (Phi) is 4.18. The number of carbonyl (C=O) groups is 1. The van der Waals surface area contributed by atoms with Crippen molar-refractivity contribution in [2.24, 2.45) is 7.05 Å². The monoisotopic (exact) mass is 258 g/mol. The summed E-state index contributed by atoms with van der Waals surface area (Å²) >= 11 is 0. The van der Waals surface area contributed by atoms with Crippen LogP contribution < -0.4 is 10.6 Å².